The van der Waals surface area contributed by atoms with Crippen molar-refractivity contribution in [3.63, 3.8) is 0 Å². The van der Waals surface area contributed by atoms with Gasteiger partial charge in [0.2, 0.25) is 5.91 Å². The number of likely N-dealkylation sites (N-methyl/N-ethyl adjacent to an activating group) is 1. The molecule has 1 saturated carbocycles. The first-order valence-electron chi connectivity index (χ1n) is 13.4. The summed E-state index contributed by atoms with van der Waals surface area (Å²) in [7, 11) is 2.13. The lowest BCUT2D eigenvalue weighted by Crippen LogP contribution is -2.54. The summed E-state index contributed by atoms with van der Waals surface area (Å²) in [5, 5.41) is 5.78. The molecule has 3 heterocycles. The number of hydrazine groups is 1. The second kappa shape index (κ2) is 11.0. The Morgan fingerprint density at radius 1 is 1.03 bits per heavy atom. The molecule has 2 aliphatic rings. The van der Waals surface area contributed by atoms with Crippen molar-refractivity contribution in [2.45, 2.75) is 58.5 Å². The first-order chi connectivity index (χ1) is 17.5. The molecule has 8 heteroatoms. The maximum absolute atomic E-state index is 12.7. The highest BCUT2D eigenvalue weighted by atomic mass is 16.2. The van der Waals surface area contributed by atoms with Gasteiger partial charge in [-0.2, -0.15) is 0 Å². The fraction of sp³-hybridized carbons (Fsp3) is 0.536. The number of hydrogen-bond acceptors (Lipinski definition) is 6. The molecule has 2 N–H and O–H groups in total. The van der Waals surface area contributed by atoms with Crippen molar-refractivity contribution in [2.75, 3.05) is 38.5 Å². The fourth-order valence-electron chi connectivity index (χ4n) is 5.41. The molecule has 1 saturated heterocycles. The van der Waals surface area contributed by atoms with E-state index in [9.17, 15) is 4.79 Å². The SMILES string of the molecule is CCc1nc2c(C)ccnc2n1Cc1ccc(NC2CCC(C(=O)NN3CCN(C)CC3)CC2)cc1. The minimum Gasteiger partial charge on any atom is -0.382 e. The summed E-state index contributed by atoms with van der Waals surface area (Å²) in [6, 6.07) is 11.2. The second-order valence-corrected chi connectivity index (χ2v) is 10.4. The average Bonchev–Trinajstić information content (AvgIpc) is 3.25. The molecule has 0 spiro atoms. The Bertz CT molecular complexity index is 1170. The van der Waals surface area contributed by atoms with Crippen LogP contribution < -0.4 is 10.7 Å². The van der Waals surface area contributed by atoms with Crippen LogP contribution in [0.5, 0.6) is 0 Å². The van der Waals surface area contributed by atoms with Crippen LogP contribution in [-0.4, -0.2) is 69.6 Å². The van der Waals surface area contributed by atoms with E-state index in [4.69, 9.17) is 4.98 Å². The molecule has 3 aromatic rings. The molecule has 36 heavy (non-hydrogen) atoms. The number of nitrogens with zero attached hydrogens (tertiary/aromatic N) is 5. The van der Waals surface area contributed by atoms with E-state index in [1.54, 1.807) is 0 Å². The maximum Gasteiger partial charge on any atom is 0.237 e. The predicted molar refractivity (Wildman–Crippen MR) is 144 cm³/mol. The summed E-state index contributed by atoms with van der Waals surface area (Å²) >= 11 is 0. The van der Waals surface area contributed by atoms with Gasteiger partial charge in [-0.25, -0.2) is 15.0 Å². The number of pyridine rings is 1. The molecule has 0 atom stereocenters. The monoisotopic (exact) mass is 489 g/mol. The quantitative estimate of drug-likeness (QED) is 0.528. The zero-order valence-electron chi connectivity index (χ0n) is 21.8. The van der Waals surface area contributed by atoms with Crippen LogP contribution in [0.2, 0.25) is 0 Å². The van der Waals surface area contributed by atoms with E-state index in [0.717, 1.165) is 87.5 Å². The highest BCUT2D eigenvalue weighted by molar-refractivity contribution is 5.78. The van der Waals surface area contributed by atoms with Crippen molar-refractivity contribution in [2.24, 2.45) is 5.92 Å². The Labute approximate surface area is 214 Å². The molecule has 2 aromatic heterocycles. The number of aryl methyl sites for hydroxylation is 2. The standard InChI is InChI=1S/C28H39N7O/c1-4-25-31-26-20(2)13-14-29-27(26)35(25)19-21-5-9-23(10-6-21)30-24-11-7-22(8-12-24)28(36)32-34-17-15-33(3)16-18-34/h5-6,9-10,13-14,22,24,30H,4,7-8,11-12,15-19H2,1-3H3,(H,32,36). The van der Waals surface area contributed by atoms with Crippen molar-refractivity contribution in [3.05, 3.63) is 53.5 Å². The molecule has 1 amide bonds. The average molecular weight is 490 g/mol. The lowest BCUT2D eigenvalue weighted by Gasteiger charge is -2.35. The van der Waals surface area contributed by atoms with E-state index in [-0.39, 0.29) is 11.8 Å². The number of nitrogens with one attached hydrogen (secondary N) is 2. The van der Waals surface area contributed by atoms with Crippen LogP contribution in [-0.2, 0) is 17.8 Å². The van der Waals surface area contributed by atoms with Gasteiger partial charge in [-0.1, -0.05) is 19.1 Å². The third-order valence-corrected chi connectivity index (χ3v) is 7.77. The van der Waals surface area contributed by atoms with E-state index in [2.05, 4.69) is 75.4 Å². The van der Waals surface area contributed by atoms with Gasteiger partial charge in [0.05, 0.1) is 6.54 Å². The van der Waals surface area contributed by atoms with Crippen LogP contribution in [0.25, 0.3) is 11.2 Å². The topological polar surface area (TPSA) is 78.3 Å². The van der Waals surface area contributed by atoms with E-state index in [1.807, 2.05) is 12.3 Å². The summed E-state index contributed by atoms with van der Waals surface area (Å²) in [6.07, 6.45) is 6.67. The number of rotatable bonds is 7. The molecule has 0 bridgehead atoms. The number of anilines is 1. The smallest absolute Gasteiger partial charge is 0.237 e. The Hall–Kier alpha value is -2.97. The number of piperazine rings is 1. The van der Waals surface area contributed by atoms with E-state index < -0.39 is 0 Å². The summed E-state index contributed by atoms with van der Waals surface area (Å²) in [4.78, 5) is 24.5. The zero-order valence-corrected chi connectivity index (χ0v) is 21.8. The third-order valence-electron chi connectivity index (χ3n) is 7.77. The molecule has 0 unspecified atom stereocenters. The van der Waals surface area contributed by atoms with E-state index in [1.165, 1.54) is 11.1 Å². The summed E-state index contributed by atoms with van der Waals surface area (Å²) < 4.78 is 2.24. The minimum atomic E-state index is 0.125. The lowest BCUT2D eigenvalue weighted by molar-refractivity contribution is -0.131. The largest absolute Gasteiger partial charge is 0.382 e. The van der Waals surface area contributed by atoms with Crippen molar-refractivity contribution < 1.29 is 4.79 Å². The van der Waals surface area contributed by atoms with Crippen LogP contribution in [0.1, 0.15) is 49.6 Å². The molecular formula is C28H39N7O. The van der Waals surface area contributed by atoms with Gasteiger partial charge < -0.3 is 14.8 Å². The zero-order chi connectivity index (χ0) is 25.1. The Morgan fingerprint density at radius 2 is 1.75 bits per heavy atom. The number of amides is 1. The lowest BCUT2D eigenvalue weighted by atomic mass is 9.85. The molecule has 5 rings (SSSR count). The third kappa shape index (κ3) is 5.55. The number of imidazole rings is 1. The van der Waals surface area contributed by atoms with Gasteiger partial charge in [0.1, 0.15) is 11.3 Å². The Kier molecular flexibility index (Phi) is 7.53. The molecule has 0 radical (unpaired) electrons. The Balaban J connectivity index is 1.13. The van der Waals surface area contributed by atoms with Crippen molar-refractivity contribution >= 4 is 22.8 Å². The van der Waals surface area contributed by atoms with Crippen LogP contribution >= 0.6 is 0 Å². The second-order valence-electron chi connectivity index (χ2n) is 10.4. The fourth-order valence-corrected chi connectivity index (χ4v) is 5.41. The number of benzene rings is 1. The Morgan fingerprint density at radius 3 is 2.44 bits per heavy atom. The highest BCUT2D eigenvalue weighted by Gasteiger charge is 2.28. The molecular weight excluding hydrogens is 450 g/mol. The van der Waals surface area contributed by atoms with Gasteiger partial charge in [0, 0.05) is 56.4 Å². The molecule has 2 fully saturated rings. The number of aromatic nitrogens is 3. The minimum absolute atomic E-state index is 0.125. The first-order valence-corrected chi connectivity index (χ1v) is 13.4. The molecule has 8 nitrogen and oxygen atoms in total. The molecule has 192 valence electrons. The summed E-state index contributed by atoms with van der Waals surface area (Å²) in [5.74, 6) is 1.40. The van der Waals surface area contributed by atoms with Crippen LogP contribution in [0.3, 0.4) is 0 Å². The number of carbonyl (C=O) groups is 1. The van der Waals surface area contributed by atoms with E-state index >= 15 is 0 Å². The van der Waals surface area contributed by atoms with Crippen molar-refractivity contribution in [1.82, 2.24) is 29.9 Å². The number of fused-ring (bicyclic) bond motifs is 1. The van der Waals surface area contributed by atoms with Gasteiger partial charge in [-0.3, -0.25) is 10.2 Å². The molecule has 1 aliphatic carbocycles. The van der Waals surface area contributed by atoms with Gasteiger partial charge in [-0.15, -0.1) is 0 Å². The predicted octanol–water partition coefficient (Wildman–Crippen LogP) is 3.60. The van der Waals surface area contributed by atoms with Crippen molar-refractivity contribution in [1.29, 1.82) is 0 Å². The van der Waals surface area contributed by atoms with Crippen LogP contribution in [0.4, 0.5) is 5.69 Å². The number of hydrogen-bond donors (Lipinski definition) is 2. The van der Waals surface area contributed by atoms with Gasteiger partial charge in [0.25, 0.3) is 0 Å². The van der Waals surface area contributed by atoms with Crippen molar-refractivity contribution in [3.8, 4) is 0 Å². The molecule has 1 aromatic carbocycles. The molecule has 1 aliphatic heterocycles. The van der Waals surface area contributed by atoms with Crippen LogP contribution in [0, 0.1) is 12.8 Å². The first kappa shape index (κ1) is 24.7. The summed E-state index contributed by atoms with van der Waals surface area (Å²) in [6.45, 7) is 8.82. The highest BCUT2D eigenvalue weighted by Crippen LogP contribution is 2.27. The van der Waals surface area contributed by atoms with Gasteiger partial charge >= 0.3 is 0 Å². The van der Waals surface area contributed by atoms with E-state index in [0.29, 0.717) is 6.04 Å². The maximum atomic E-state index is 12.7. The normalized spacial score (nSPS) is 21.5. The van der Waals surface area contributed by atoms with Gasteiger partial charge in [-0.05, 0) is 69.0 Å². The summed E-state index contributed by atoms with van der Waals surface area (Å²) in [5.41, 5.74) is 8.66. The van der Waals surface area contributed by atoms with Crippen LogP contribution in [0.15, 0.2) is 36.5 Å². The van der Waals surface area contributed by atoms with Gasteiger partial charge in [0.15, 0.2) is 5.65 Å². The number of carbonyl (C=O) groups excluding carboxylic acids is 1.